The Hall–Kier alpha value is -1.35. The molecule has 0 aromatic carbocycles. The van der Waals surface area contributed by atoms with E-state index in [-0.39, 0.29) is 10.7 Å². The van der Waals surface area contributed by atoms with Crippen molar-refractivity contribution in [1.29, 1.82) is 0 Å². The van der Waals surface area contributed by atoms with Gasteiger partial charge in [-0.3, -0.25) is 0 Å². The average Bonchev–Trinajstić information content (AvgIpc) is 2.34. The van der Waals surface area contributed by atoms with Gasteiger partial charge in [-0.2, -0.15) is 13.2 Å². The van der Waals surface area contributed by atoms with Crippen molar-refractivity contribution in [2.24, 2.45) is 0 Å². The Bertz CT molecular complexity index is 532. The van der Waals surface area contributed by atoms with E-state index >= 15 is 0 Å². The molecule has 5 nitrogen and oxygen atoms in total. The van der Waals surface area contributed by atoms with Crippen LogP contribution in [0.5, 0.6) is 0 Å². The minimum Gasteiger partial charge on any atom is -0.383 e. The van der Waals surface area contributed by atoms with E-state index in [1.165, 1.54) is 12.3 Å². The summed E-state index contributed by atoms with van der Waals surface area (Å²) >= 11 is 0. The highest BCUT2D eigenvalue weighted by Crippen LogP contribution is 2.20. The zero-order chi connectivity index (χ0) is 15.2. The van der Waals surface area contributed by atoms with E-state index in [9.17, 15) is 21.6 Å². The first-order chi connectivity index (χ1) is 9.26. The van der Waals surface area contributed by atoms with E-state index in [4.69, 9.17) is 0 Å². The maximum Gasteiger partial charge on any atom is 0.390 e. The second-order valence-electron chi connectivity index (χ2n) is 4.05. The predicted molar refractivity (Wildman–Crippen MR) is 68.9 cm³/mol. The Labute approximate surface area is 115 Å². The second-order valence-corrected chi connectivity index (χ2v) is 5.73. The van der Waals surface area contributed by atoms with Crippen molar-refractivity contribution in [1.82, 2.24) is 9.71 Å². The monoisotopic (exact) mass is 311 g/mol. The van der Waals surface area contributed by atoms with Crippen LogP contribution < -0.4 is 10.0 Å². The Morgan fingerprint density at radius 1 is 1.30 bits per heavy atom. The van der Waals surface area contributed by atoms with Crippen molar-refractivity contribution < 1.29 is 21.6 Å². The number of halogens is 3. The Kier molecular flexibility index (Phi) is 5.75. The molecular weight excluding hydrogens is 295 g/mol. The maximum absolute atomic E-state index is 12.0. The molecule has 0 spiro atoms. The van der Waals surface area contributed by atoms with Gasteiger partial charge in [0, 0.05) is 19.3 Å². The Morgan fingerprint density at radius 2 is 2.00 bits per heavy atom. The number of nitrogens with one attached hydrogen (secondary N) is 2. The molecule has 1 aromatic rings. The standard InChI is InChI=1S/C11H16F3N3O2S/c1-2-6-15-9-4-3-7-16-10(9)20(18,19)17-8-5-11(12,13)14/h3-4,7,15,17H,2,5-6,8H2,1H3. The number of nitrogens with zero attached hydrogens (tertiary/aromatic N) is 1. The highest BCUT2D eigenvalue weighted by atomic mass is 32.2. The zero-order valence-electron chi connectivity index (χ0n) is 10.9. The molecule has 2 N–H and O–H groups in total. The Morgan fingerprint density at radius 3 is 2.60 bits per heavy atom. The summed E-state index contributed by atoms with van der Waals surface area (Å²) in [6.45, 7) is 1.73. The molecule has 1 heterocycles. The van der Waals surface area contributed by atoms with Crippen molar-refractivity contribution in [2.45, 2.75) is 31.0 Å². The number of rotatable bonds is 7. The molecular formula is C11H16F3N3O2S. The van der Waals surface area contributed by atoms with Gasteiger partial charge in [0.25, 0.3) is 10.0 Å². The first-order valence-corrected chi connectivity index (χ1v) is 7.50. The third-order valence-electron chi connectivity index (χ3n) is 2.29. The molecule has 0 saturated carbocycles. The van der Waals surface area contributed by atoms with Gasteiger partial charge < -0.3 is 5.32 Å². The van der Waals surface area contributed by atoms with E-state index < -0.39 is 29.2 Å². The normalized spacial score (nSPS) is 12.4. The molecule has 0 aliphatic rings. The summed E-state index contributed by atoms with van der Waals surface area (Å²) in [4.78, 5) is 3.72. The molecule has 20 heavy (non-hydrogen) atoms. The maximum atomic E-state index is 12.0. The van der Waals surface area contributed by atoms with Gasteiger partial charge in [-0.05, 0) is 18.6 Å². The predicted octanol–water partition coefficient (Wildman–Crippen LogP) is 2.13. The largest absolute Gasteiger partial charge is 0.390 e. The minimum absolute atomic E-state index is 0.272. The van der Waals surface area contributed by atoms with Gasteiger partial charge in [0.2, 0.25) is 0 Å². The third-order valence-corrected chi connectivity index (χ3v) is 3.71. The van der Waals surface area contributed by atoms with Crippen LogP contribution in [0.1, 0.15) is 19.8 Å². The molecule has 0 unspecified atom stereocenters. The summed E-state index contributed by atoms with van der Waals surface area (Å²) in [7, 11) is -4.07. The summed E-state index contributed by atoms with van der Waals surface area (Å²) in [5.41, 5.74) is 0.272. The highest BCUT2D eigenvalue weighted by Gasteiger charge is 2.28. The molecule has 0 radical (unpaired) electrons. The molecule has 114 valence electrons. The molecule has 0 fully saturated rings. The van der Waals surface area contributed by atoms with Crippen molar-refractivity contribution in [2.75, 3.05) is 18.4 Å². The second kappa shape index (κ2) is 6.89. The molecule has 1 aromatic heterocycles. The van der Waals surface area contributed by atoms with Gasteiger partial charge in [0.05, 0.1) is 12.1 Å². The quantitative estimate of drug-likeness (QED) is 0.809. The Balaban J connectivity index is 2.81. The van der Waals surface area contributed by atoms with E-state index in [0.29, 0.717) is 6.54 Å². The van der Waals surface area contributed by atoms with E-state index in [0.717, 1.165) is 6.42 Å². The summed E-state index contributed by atoms with van der Waals surface area (Å²) in [5, 5.41) is 2.58. The van der Waals surface area contributed by atoms with Crippen molar-refractivity contribution in [3.63, 3.8) is 0 Å². The number of sulfonamides is 1. The lowest BCUT2D eigenvalue weighted by Gasteiger charge is -2.12. The number of pyridine rings is 1. The summed E-state index contributed by atoms with van der Waals surface area (Å²) in [6.07, 6.45) is -3.59. The van der Waals surface area contributed by atoms with Gasteiger partial charge >= 0.3 is 6.18 Å². The van der Waals surface area contributed by atoms with Crippen molar-refractivity contribution in [3.05, 3.63) is 18.3 Å². The average molecular weight is 311 g/mol. The number of hydrogen-bond donors (Lipinski definition) is 2. The van der Waals surface area contributed by atoms with Gasteiger partial charge in [0.1, 0.15) is 0 Å². The van der Waals surface area contributed by atoms with Crippen LogP contribution in [-0.4, -0.2) is 32.7 Å². The topological polar surface area (TPSA) is 71.1 Å². The number of alkyl halides is 3. The van der Waals surface area contributed by atoms with Gasteiger partial charge in [0.15, 0.2) is 5.03 Å². The van der Waals surface area contributed by atoms with Crippen LogP contribution in [0.2, 0.25) is 0 Å². The summed E-state index contributed by atoms with van der Waals surface area (Å²) < 4.78 is 61.8. The molecule has 0 amide bonds. The first kappa shape index (κ1) is 16.7. The van der Waals surface area contributed by atoms with Crippen LogP contribution >= 0.6 is 0 Å². The lowest BCUT2D eigenvalue weighted by molar-refractivity contribution is -0.132. The first-order valence-electron chi connectivity index (χ1n) is 6.01. The fourth-order valence-corrected chi connectivity index (χ4v) is 2.53. The lowest BCUT2D eigenvalue weighted by atomic mass is 10.4. The molecule has 0 bridgehead atoms. The van der Waals surface area contributed by atoms with Gasteiger partial charge in [-0.1, -0.05) is 6.92 Å². The van der Waals surface area contributed by atoms with Gasteiger partial charge in [-0.15, -0.1) is 0 Å². The summed E-state index contributed by atoms with van der Waals surface area (Å²) in [5.74, 6) is 0. The van der Waals surface area contributed by atoms with Crippen molar-refractivity contribution in [3.8, 4) is 0 Å². The third kappa shape index (κ3) is 5.33. The number of anilines is 1. The summed E-state index contributed by atoms with van der Waals surface area (Å²) in [6, 6.07) is 3.06. The van der Waals surface area contributed by atoms with E-state index in [1.807, 2.05) is 11.6 Å². The SMILES string of the molecule is CCCNc1cccnc1S(=O)(=O)NCCC(F)(F)F. The van der Waals surface area contributed by atoms with Crippen LogP contribution in [-0.2, 0) is 10.0 Å². The fourth-order valence-electron chi connectivity index (χ4n) is 1.39. The van der Waals surface area contributed by atoms with Crippen LogP contribution in [0.15, 0.2) is 23.4 Å². The van der Waals surface area contributed by atoms with E-state index in [2.05, 4.69) is 10.3 Å². The molecule has 9 heteroatoms. The molecule has 0 aliphatic heterocycles. The number of hydrogen-bond acceptors (Lipinski definition) is 4. The van der Waals surface area contributed by atoms with Crippen LogP contribution in [0.4, 0.5) is 18.9 Å². The molecule has 0 aliphatic carbocycles. The van der Waals surface area contributed by atoms with Crippen LogP contribution in [0, 0.1) is 0 Å². The van der Waals surface area contributed by atoms with Crippen molar-refractivity contribution >= 4 is 15.7 Å². The van der Waals surface area contributed by atoms with Crippen LogP contribution in [0.25, 0.3) is 0 Å². The lowest BCUT2D eigenvalue weighted by Crippen LogP contribution is -2.29. The number of aromatic nitrogens is 1. The zero-order valence-corrected chi connectivity index (χ0v) is 11.7. The highest BCUT2D eigenvalue weighted by molar-refractivity contribution is 7.89. The molecule has 1 rings (SSSR count). The van der Waals surface area contributed by atoms with Crippen LogP contribution in [0.3, 0.4) is 0 Å². The minimum atomic E-state index is -4.41. The van der Waals surface area contributed by atoms with Gasteiger partial charge in [-0.25, -0.2) is 18.1 Å². The molecule has 0 atom stereocenters. The fraction of sp³-hybridized carbons (Fsp3) is 0.545. The smallest absolute Gasteiger partial charge is 0.383 e. The van der Waals surface area contributed by atoms with E-state index in [1.54, 1.807) is 6.07 Å². The molecule has 0 saturated heterocycles.